The van der Waals surface area contributed by atoms with Crippen molar-refractivity contribution < 1.29 is 32.2 Å². The highest BCUT2D eigenvalue weighted by Gasteiger charge is 2.41. The Morgan fingerprint density at radius 1 is 1.39 bits per heavy atom. The van der Waals surface area contributed by atoms with E-state index in [4.69, 9.17) is 9.84 Å². The first kappa shape index (κ1) is 14.5. The van der Waals surface area contributed by atoms with E-state index in [0.29, 0.717) is 0 Å². The van der Waals surface area contributed by atoms with Gasteiger partial charge < -0.3 is 14.3 Å². The van der Waals surface area contributed by atoms with Crippen LogP contribution in [-0.4, -0.2) is 21.7 Å². The van der Waals surface area contributed by atoms with Crippen molar-refractivity contribution in [1.29, 1.82) is 0 Å². The summed E-state index contributed by atoms with van der Waals surface area (Å²) in [5.41, 5.74) is -2.15. The van der Waals surface area contributed by atoms with Crippen molar-refractivity contribution >= 4 is 5.97 Å². The molecule has 0 spiro atoms. The number of ether oxygens (including phenoxy) is 1. The van der Waals surface area contributed by atoms with E-state index in [1.165, 1.54) is 0 Å². The molecule has 1 aromatic heterocycles. The van der Waals surface area contributed by atoms with Crippen molar-refractivity contribution in [2.24, 2.45) is 0 Å². The molecule has 0 aliphatic heterocycles. The first-order valence-electron chi connectivity index (χ1n) is 4.95. The van der Waals surface area contributed by atoms with Gasteiger partial charge in [-0.2, -0.15) is 13.2 Å². The van der Waals surface area contributed by atoms with Gasteiger partial charge in [0.2, 0.25) is 11.7 Å². The summed E-state index contributed by atoms with van der Waals surface area (Å²) in [6.45, 7) is 4.75. The molecule has 102 valence electrons. The predicted molar refractivity (Wildman–Crippen MR) is 53.0 cm³/mol. The van der Waals surface area contributed by atoms with Crippen LogP contribution >= 0.6 is 0 Å². The largest absolute Gasteiger partial charge is 0.475 e. The van der Waals surface area contributed by atoms with Gasteiger partial charge in [-0.15, -0.1) is 0 Å². The molecular weight excluding hydrogens is 255 g/mol. The summed E-state index contributed by atoms with van der Waals surface area (Å²) in [5, 5.41) is 8.60. The fourth-order valence-electron chi connectivity index (χ4n) is 1.04. The molecule has 0 aromatic carbocycles. The SMILES string of the molecule is CC(C)(C)OCc1nc(C(F)(F)F)c(C(=O)O)o1. The Morgan fingerprint density at radius 3 is 2.28 bits per heavy atom. The molecule has 0 saturated heterocycles. The number of rotatable bonds is 3. The van der Waals surface area contributed by atoms with E-state index in [1.54, 1.807) is 20.8 Å². The first-order valence-corrected chi connectivity index (χ1v) is 4.95. The van der Waals surface area contributed by atoms with E-state index in [1.807, 2.05) is 0 Å². The van der Waals surface area contributed by atoms with Crippen molar-refractivity contribution in [3.8, 4) is 0 Å². The van der Waals surface area contributed by atoms with Gasteiger partial charge in [-0.1, -0.05) is 0 Å². The Labute approximate surface area is 101 Å². The number of carboxylic acids is 1. The maximum atomic E-state index is 12.5. The smallest absolute Gasteiger partial charge is 0.437 e. The zero-order valence-electron chi connectivity index (χ0n) is 9.96. The highest BCUT2D eigenvalue weighted by Crippen LogP contribution is 2.32. The number of carbonyl (C=O) groups is 1. The average molecular weight is 267 g/mol. The topological polar surface area (TPSA) is 72.6 Å². The van der Waals surface area contributed by atoms with Crippen LogP contribution in [0.2, 0.25) is 0 Å². The Morgan fingerprint density at radius 2 is 1.94 bits per heavy atom. The van der Waals surface area contributed by atoms with Crippen LogP contribution in [0.25, 0.3) is 0 Å². The molecule has 1 heterocycles. The minimum atomic E-state index is -4.88. The Kier molecular flexibility index (Phi) is 3.70. The van der Waals surface area contributed by atoms with Gasteiger partial charge in [0.1, 0.15) is 6.61 Å². The Bertz CT molecular complexity index is 445. The molecule has 5 nitrogen and oxygen atoms in total. The average Bonchev–Trinajstić information content (AvgIpc) is 2.56. The number of nitrogens with zero attached hydrogens (tertiary/aromatic N) is 1. The highest BCUT2D eigenvalue weighted by atomic mass is 19.4. The molecule has 0 fully saturated rings. The quantitative estimate of drug-likeness (QED) is 0.911. The summed E-state index contributed by atoms with van der Waals surface area (Å²) in [6, 6.07) is 0. The number of hydrogen-bond acceptors (Lipinski definition) is 4. The van der Waals surface area contributed by atoms with Gasteiger partial charge >= 0.3 is 12.1 Å². The summed E-state index contributed by atoms with van der Waals surface area (Å²) < 4.78 is 47.1. The van der Waals surface area contributed by atoms with Gasteiger partial charge in [0.15, 0.2) is 5.69 Å². The van der Waals surface area contributed by atoms with Crippen LogP contribution < -0.4 is 0 Å². The van der Waals surface area contributed by atoms with Gasteiger partial charge in [0.25, 0.3) is 0 Å². The van der Waals surface area contributed by atoms with Crippen LogP contribution in [0, 0.1) is 0 Å². The third kappa shape index (κ3) is 3.73. The normalized spacial score (nSPS) is 12.8. The number of carboxylic acid groups (broad SMARTS) is 1. The zero-order chi connectivity index (χ0) is 14.1. The minimum absolute atomic E-state index is 0.333. The standard InChI is InChI=1S/C10H12F3NO4/c1-9(2,3)17-4-5-14-7(10(11,12)13)6(18-5)8(15)16/h4H2,1-3H3,(H,15,16). The van der Waals surface area contributed by atoms with Gasteiger partial charge in [-0.25, -0.2) is 9.78 Å². The van der Waals surface area contributed by atoms with Crippen LogP contribution in [0.5, 0.6) is 0 Å². The van der Waals surface area contributed by atoms with Crippen LogP contribution in [0.3, 0.4) is 0 Å². The predicted octanol–water partition coefficient (Wildman–Crippen LogP) is 2.71. The summed E-state index contributed by atoms with van der Waals surface area (Å²) in [5.74, 6) is -3.47. The van der Waals surface area contributed by atoms with Crippen molar-refractivity contribution in [2.75, 3.05) is 0 Å². The molecular formula is C10H12F3NO4. The molecule has 0 bridgehead atoms. The Balaban J connectivity index is 3.00. The molecule has 18 heavy (non-hydrogen) atoms. The molecule has 0 saturated carbocycles. The Hall–Kier alpha value is -1.57. The fraction of sp³-hybridized carbons (Fsp3) is 0.600. The molecule has 8 heteroatoms. The summed E-state index contributed by atoms with van der Waals surface area (Å²) in [6.07, 6.45) is -4.88. The van der Waals surface area contributed by atoms with E-state index in [2.05, 4.69) is 9.40 Å². The lowest BCUT2D eigenvalue weighted by Crippen LogP contribution is -2.18. The van der Waals surface area contributed by atoms with E-state index in [0.717, 1.165) is 0 Å². The van der Waals surface area contributed by atoms with E-state index in [-0.39, 0.29) is 6.61 Å². The van der Waals surface area contributed by atoms with Crippen LogP contribution in [0.1, 0.15) is 42.9 Å². The van der Waals surface area contributed by atoms with Gasteiger partial charge in [-0.05, 0) is 20.8 Å². The van der Waals surface area contributed by atoms with Crippen LogP contribution in [0.4, 0.5) is 13.2 Å². The molecule has 0 amide bonds. The first-order chi connectivity index (χ1) is 8.00. The fourth-order valence-corrected chi connectivity index (χ4v) is 1.04. The monoisotopic (exact) mass is 267 g/mol. The van der Waals surface area contributed by atoms with Crippen molar-refractivity contribution in [2.45, 2.75) is 39.2 Å². The molecule has 1 aromatic rings. The van der Waals surface area contributed by atoms with Crippen LogP contribution in [0.15, 0.2) is 4.42 Å². The molecule has 0 unspecified atom stereocenters. The summed E-state index contributed by atoms with van der Waals surface area (Å²) in [7, 11) is 0. The second-order valence-electron chi connectivity index (χ2n) is 4.49. The number of halogens is 3. The molecule has 1 rings (SSSR count). The van der Waals surface area contributed by atoms with E-state index >= 15 is 0 Å². The van der Waals surface area contributed by atoms with Gasteiger partial charge in [0, 0.05) is 0 Å². The van der Waals surface area contributed by atoms with Crippen LogP contribution in [-0.2, 0) is 17.5 Å². The molecule has 0 radical (unpaired) electrons. The molecule has 0 aliphatic carbocycles. The van der Waals surface area contributed by atoms with E-state index in [9.17, 15) is 18.0 Å². The summed E-state index contributed by atoms with van der Waals surface area (Å²) >= 11 is 0. The van der Waals surface area contributed by atoms with Gasteiger partial charge in [0.05, 0.1) is 5.60 Å². The second-order valence-corrected chi connectivity index (χ2v) is 4.49. The molecule has 0 aliphatic rings. The number of alkyl halides is 3. The molecule has 1 N–H and O–H groups in total. The number of hydrogen-bond donors (Lipinski definition) is 1. The zero-order valence-corrected chi connectivity index (χ0v) is 9.96. The number of oxazole rings is 1. The minimum Gasteiger partial charge on any atom is -0.475 e. The lowest BCUT2D eigenvalue weighted by molar-refractivity contribution is -0.141. The van der Waals surface area contributed by atoms with Crippen molar-refractivity contribution in [1.82, 2.24) is 4.98 Å². The third-order valence-corrected chi connectivity index (χ3v) is 1.76. The number of aromatic nitrogens is 1. The second kappa shape index (κ2) is 4.60. The highest BCUT2D eigenvalue weighted by molar-refractivity contribution is 5.85. The molecule has 0 atom stereocenters. The van der Waals surface area contributed by atoms with Crippen molar-refractivity contribution in [3.05, 3.63) is 17.3 Å². The maximum absolute atomic E-state index is 12.5. The summed E-state index contributed by atoms with van der Waals surface area (Å²) in [4.78, 5) is 13.7. The van der Waals surface area contributed by atoms with Crippen molar-refractivity contribution in [3.63, 3.8) is 0 Å². The maximum Gasteiger partial charge on any atom is 0.437 e. The van der Waals surface area contributed by atoms with E-state index < -0.39 is 35.1 Å². The van der Waals surface area contributed by atoms with Gasteiger partial charge in [-0.3, -0.25) is 0 Å². The third-order valence-electron chi connectivity index (χ3n) is 1.76. The lowest BCUT2D eigenvalue weighted by Gasteiger charge is -2.17. The lowest BCUT2D eigenvalue weighted by atomic mass is 10.2. The number of aromatic carboxylic acids is 1.